The second kappa shape index (κ2) is 23.7. The highest BCUT2D eigenvalue weighted by molar-refractivity contribution is 8.03. The molecule has 1 aliphatic rings. The van der Waals surface area contributed by atoms with Gasteiger partial charge in [0.05, 0.1) is 11.5 Å². The number of carbonyl (C=O) groups excluding carboxylic acids is 1. The van der Waals surface area contributed by atoms with Gasteiger partial charge in [-0.25, -0.2) is 0 Å². The Morgan fingerprint density at radius 2 is 1.35 bits per heavy atom. The normalized spacial score (nSPS) is 15.7. The molecule has 0 saturated carbocycles. The van der Waals surface area contributed by atoms with E-state index in [-0.39, 0.29) is 30.3 Å². The predicted molar refractivity (Wildman–Crippen MR) is 294 cm³/mol. The number of unbranched alkanes of at least 4 members (excludes halogenated alkanes) is 2. The monoisotopic (exact) mass is 1010 g/mol. The van der Waals surface area contributed by atoms with Crippen molar-refractivity contribution in [2.75, 3.05) is 40.5 Å². The molecule has 370 valence electrons. The average Bonchev–Trinajstić information content (AvgIpc) is 3.34. The van der Waals surface area contributed by atoms with E-state index in [4.69, 9.17) is 5.73 Å². The zero-order valence-corrected chi connectivity index (χ0v) is 43.2. The third kappa shape index (κ3) is 14.4. The van der Waals surface area contributed by atoms with Crippen molar-refractivity contribution in [2.24, 2.45) is 5.92 Å². The highest BCUT2D eigenvalue weighted by Crippen LogP contribution is 2.44. The van der Waals surface area contributed by atoms with Crippen LogP contribution in [0.5, 0.6) is 0 Å². The summed E-state index contributed by atoms with van der Waals surface area (Å²) >= 11 is 1.61. The van der Waals surface area contributed by atoms with E-state index in [1.165, 1.54) is 0 Å². The number of para-hydroxylation sites is 1. The van der Waals surface area contributed by atoms with Crippen LogP contribution in [0.2, 0.25) is 0 Å². The van der Waals surface area contributed by atoms with Crippen molar-refractivity contribution < 1.29 is 35.3 Å². The van der Waals surface area contributed by atoms with E-state index in [1.807, 2.05) is 92.7 Å². The zero-order valence-electron chi connectivity index (χ0n) is 40.7. The minimum atomic E-state index is -4.12. The highest BCUT2D eigenvalue weighted by atomic mass is 32.2. The largest absolute Gasteiger partial charge is 0.399 e. The molecule has 71 heavy (non-hydrogen) atoms. The number of nitrogen functional groups attached to an aromatic ring is 1. The van der Waals surface area contributed by atoms with Gasteiger partial charge in [0.15, 0.2) is 5.71 Å². The summed E-state index contributed by atoms with van der Waals surface area (Å²) < 4.78 is 68.1. The second-order valence-corrected chi connectivity index (χ2v) is 22.3. The number of nitrogens with two attached hydrogens (primary N) is 1. The molecule has 6 aromatic carbocycles. The summed E-state index contributed by atoms with van der Waals surface area (Å²) in [5, 5.41) is 7.61. The van der Waals surface area contributed by atoms with Crippen molar-refractivity contribution in [3.63, 3.8) is 0 Å². The molecular formula is C57H63N4O7S3+. The Labute approximate surface area is 423 Å². The lowest BCUT2D eigenvalue weighted by molar-refractivity contribution is -0.441. The fourth-order valence-electron chi connectivity index (χ4n) is 9.14. The topological polar surface area (TPSA) is 170 Å². The number of fused-ring (bicyclic) bond motifs is 2. The number of hydrogen-bond donors (Lipinski definition) is 4. The lowest BCUT2D eigenvalue weighted by Gasteiger charge is -2.29. The number of allylic oxidation sites excluding steroid dienone is 7. The Morgan fingerprint density at radius 1 is 0.746 bits per heavy atom. The number of nitrogens with zero attached hydrogens (tertiary/aromatic N) is 2. The number of rotatable bonds is 20. The van der Waals surface area contributed by atoms with Crippen LogP contribution in [0.25, 0.3) is 21.5 Å². The van der Waals surface area contributed by atoms with Crippen LogP contribution >= 0.6 is 11.8 Å². The first-order chi connectivity index (χ1) is 33.9. The lowest BCUT2D eigenvalue weighted by atomic mass is 9.84. The maximum absolute atomic E-state index is 14.4. The molecule has 1 aliphatic carbocycles. The van der Waals surface area contributed by atoms with Crippen molar-refractivity contribution in [2.45, 2.75) is 71.1 Å². The molecule has 0 aromatic heterocycles. The van der Waals surface area contributed by atoms with Crippen LogP contribution in [0.4, 0.5) is 22.7 Å². The first-order valence-corrected chi connectivity index (χ1v) is 27.9. The summed E-state index contributed by atoms with van der Waals surface area (Å²) in [5.41, 5.74) is 15.4. The van der Waals surface area contributed by atoms with Crippen LogP contribution in [0, 0.1) is 19.8 Å². The minimum absolute atomic E-state index is 0.106. The summed E-state index contributed by atoms with van der Waals surface area (Å²) in [6.07, 6.45) is 10.8. The lowest BCUT2D eigenvalue weighted by Crippen LogP contribution is -2.26. The Hall–Kier alpha value is -6.29. The molecule has 0 fully saturated rings. The third-order valence-corrected chi connectivity index (χ3v) is 15.8. The van der Waals surface area contributed by atoms with Crippen LogP contribution < -0.4 is 16.0 Å². The van der Waals surface area contributed by atoms with Crippen LogP contribution in [-0.2, 0) is 25.0 Å². The van der Waals surface area contributed by atoms with Crippen molar-refractivity contribution in [3.05, 3.63) is 185 Å². The van der Waals surface area contributed by atoms with Crippen molar-refractivity contribution in [3.8, 4) is 0 Å². The van der Waals surface area contributed by atoms with Crippen LogP contribution in [0.3, 0.4) is 0 Å². The smallest absolute Gasteiger partial charge is 0.264 e. The first-order valence-electron chi connectivity index (χ1n) is 23.9. The second-order valence-electron chi connectivity index (χ2n) is 18.1. The SMILES string of the molecule is CC(/C=C/C1=C(Sc2ccc(N)cc2)C(=C/C=C(\C)N(CCCCS(=O)(=O)O)c2ccc3ccccc3c2C)/CC(C(=O)Nc2ccccc2)C1)=[N+](CCCCS(=O)(=O)O)c1ccc2ccccc2c1C. The maximum atomic E-state index is 14.4. The van der Waals surface area contributed by atoms with Gasteiger partial charge in [0.1, 0.15) is 6.54 Å². The molecule has 0 aliphatic heterocycles. The molecule has 11 nitrogen and oxygen atoms in total. The fourth-order valence-corrected chi connectivity index (χ4v) is 11.3. The van der Waals surface area contributed by atoms with Crippen LogP contribution in [0.1, 0.15) is 63.5 Å². The van der Waals surface area contributed by atoms with Gasteiger partial charge in [0, 0.05) is 76.1 Å². The molecule has 0 saturated heterocycles. The Kier molecular flexibility index (Phi) is 17.6. The van der Waals surface area contributed by atoms with Gasteiger partial charge in [-0.3, -0.25) is 13.9 Å². The molecule has 1 unspecified atom stereocenters. The fraction of sp³-hybridized carbons (Fsp3) is 0.263. The van der Waals surface area contributed by atoms with Gasteiger partial charge in [-0.2, -0.15) is 21.4 Å². The number of benzene rings is 6. The quantitative estimate of drug-likeness (QED) is 0.0190. The van der Waals surface area contributed by atoms with Gasteiger partial charge in [0.25, 0.3) is 20.2 Å². The molecule has 0 spiro atoms. The predicted octanol–water partition coefficient (Wildman–Crippen LogP) is 12.6. The highest BCUT2D eigenvalue weighted by Gasteiger charge is 2.30. The molecule has 6 aromatic rings. The van der Waals surface area contributed by atoms with Gasteiger partial charge >= 0.3 is 0 Å². The van der Waals surface area contributed by atoms with Gasteiger partial charge < -0.3 is 16.0 Å². The number of nitrogens with one attached hydrogen (secondary N) is 1. The summed E-state index contributed by atoms with van der Waals surface area (Å²) in [7, 11) is -8.24. The van der Waals surface area contributed by atoms with Gasteiger partial charge in [-0.1, -0.05) is 96.7 Å². The maximum Gasteiger partial charge on any atom is 0.264 e. The number of amides is 1. The molecule has 0 bridgehead atoms. The summed E-state index contributed by atoms with van der Waals surface area (Å²) in [4.78, 5) is 18.5. The number of carbonyl (C=O) groups is 1. The van der Waals surface area contributed by atoms with Crippen molar-refractivity contribution >= 4 is 87.9 Å². The van der Waals surface area contributed by atoms with Crippen molar-refractivity contribution in [1.82, 2.24) is 0 Å². The summed E-state index contributed by atoms with van der Waals surface area (Å²) in [6.45, 7) is 9.25. The van der Waals surface area contributed by atoms with Crippen LogP contribution in [0.15, 0.2) is 178 Å². The van der Waals surface area contributed by atoms with Crippen LogP contribution in [-0.4, -0.2) is 66.7 Å². The molecule has 14 heteroatoms. The van der Waals surface area contributed by atoms with E-state index in [1.54, 1.807) is 11.8 Å². The van der Waals surface area contributed by atoms with Gasteiger partial charge in [-0.15, -0.1) is 0 Å². The zero-order chi connectivity index (χ0) is 50.7. The van der Waals surface area contributed by atoms with Gasteiger partial charge in [-0.05, 0) is 146 Å². The Bertz CT molecular complexity index is 3290. The number of thioether (sulfide) groups is 1. The van der Waals surface area contributed by atoms with E-state index in [2.05, 4.69) is 101 Å². The minimum Gasteiger partial charge on any atom is -0.399 e. The molecule has 0 radical (unpaired) electrons. The first kappa shape index (κ1) is 52.5. The number of hydrogen-bond acceptors (Lipinski definition) is 8. The van der Waals surface area contributed by atoms with Gasteiger partial charge in [0.2, 0.25) is 11.6 Å². The number of anilines is 3. The number of aryl methyl sites for hydroxylation is 2. The molecule has 0 heterocycles. The standard InChI is InChI=1S/C57H62N4O7S3/c1-40(60(34-12-14-36-70(63,64)65)54-32-26-44-16-8-10-20-52(44)42(54)3)22-24-46-38-48(57(62)59-50-18-6-5-7-19-50)39-47(56(46)69-51-30-28-49(58)29-31-51)25-23-41(2)61(35-13-15-37-71(66,67)68)55-33-27-45-17-9-11-21-53(45)43(55)4/h5-11,16-33,48H,12-15,34-39,58H2,1-4H3,(H2-,59,62,63,64,65,66,67,68)/p+1. The van der Waals surface area contributed by atoms with E-state index in [9.17, 15) is 30.7 Å². The van der Waals surface area contributed by atoms with Crippen molar-refractivity contribution in [1.29, 1.82) is 0 Å². The molecule has 1 atom stereocenters. The Morgan fingerprint density at radius 3 is 2.01 bits per heavy atom. The summed E-state index contributed by atoms with van der Waals surface area (Å²) in [6, 6.07) is 42.0. The Balaban J connectivity index is 1.36. The molecule has 5 N–H and O–H groups in total. The van der Waals surface area contributed by atoms with E-state index < -0.39 is 26.2 Å². The molecular weight excluding hydrogens is 949 g/mol. The van der Waals surface area contributed by atoms with E-state index in [0.29, 0.717) is 50.1 Å². The summed E-state index contributed by atoms with van der Waals surface area (Å²) in [5.74, 6) is -1.20. The van der Waals surface area contributed by atoms with E-state index >= 15 is 0 Å². The average molecular weight is 1010 g/mol. The third-order valence-electron chi connectivity index (χ3n) is 12.9. The molecule has 7 rings (SSSR count). The molecule has 1 amide bonds. The van der Waals surface area contributed by atoms with E-state index in [0.717, 1.165) is 76.4 Å².